The molecule has 1 heterocycles. The van der Waals surface area contributed by atoms with Gasteiger partial charge in [-0.25, -0.2) is 0 Å². The van der Waals surface area contributed by atoms with Crippen molar-refractivity contribution in [2.24, 2.45) is 0 Å². The Morgan fingerprint density at radius 1 is 0.967 bits per heavy atom. The summed E-state index contributed by atoms with van der Waals surface area (Å²) < 4.78 is 10.5. The van der Waals surface area contributed by atoms with Crippen LogP contribution in [0.25, 0.3) is 0 Å². The lowest BCUT2D eigenvalue weighted by Crippen LogP contribution is -2.50. The molecule has 0 bridgehead atoms. The van der Waals surface area contributed by atoms with Gasteiger partial charge in [0.05, 0.1) is 31.5 Å². The van der Waals surface area contributed by atoms with E-state index in [0.717, 1.165) is 0 Å². The maximum atomic E-state index is 12.6. The summed E-state index contributed by atoms with van der Waals surface area (Å²) in [6.45, 7) is 2.51. The van der Waals surface area contributed by atoms with E-state index in [9.17, 15) is 9.59 Å². The van der Waals surface area contributed by atoms with Crippen LogP contribution in [0.5, 0.6) is 11.5 Å². The van der Waals surface area contributed by atoms with E-state index in [-0.39, 0.29) is 18.4 Å². The Balaban J connectivity index is 1.54. The van der Waals surface area contributed by atoms with Crippen LogP contribution in [0, 0.1) is 0 Å². The standard InChI is InChI=1S/C21H23Cl2N3O4/c1-29-18-12-19(30-2)17(11-16(18)23)24-20(27)13-25-7-9-26(10-8-25)21(28)14-3-5-15(22)6-4-14/h3-6,11-12H,7-10,13H2,1-2H3,(H,24,27). The van der Waals surface area contributed by atoms with Crippen LogP contribution in [0.1, 0.15) is 10.4 Å². The molecule has 0 atom stereocenters. The third-order valence-electron chi connectivity index (χ3n) is 4.87. The minimum atomic E-state index is -0.188. The van der Waals surface area contributed by atoms with Gasteiger partial charge >= 0.3 is 0 Å². The third-order valence-corrected chi connectivity index (χ3v) is 5.41. The number of halogens is 2. The summed E-state index contributed by atoms with van der Waals surface area (Å²) in [6.07, 6.45) is 0. The van der Waals surface area contributed by atoms with Crippen LogP contribution in [0.15, 0.2) is 36.4 Å². The number of carbonyl (C=O) groups excluding carboxylic acids is 2. The molecule has 7 nitrogen and oxygen atoms in total. The van der Waals surface area contributed by atoms with Crippen LogP contribution in [-0.2, 0) is 4.79 Å². The normalized spacial score (nSPS) is 14.3. The zero-order valence-electron chi connectivity index (χ0n) is 16.8. The Labute approximate surface area is 185 Å². The van der Waals surface area contributed by atoms with E-state index in [4.69, 9.17) is 32.7 Å². The summed E-state index contributed by atoms with van der Waals surface area (Å²) in [7, 11) is 3.02. The van der Waals surface area contributed by atoms with Gasteiger partial charge in [-0.3, -0.25) is 14.5 Å². The van der Waals surface area contributed by atoms with Crippen LogP contribution in [0.4, 0.5) is 5.69 Å². The van der Waals surface area contributed by atoms with E-state index in [2.05, 4.69) is 5.32 Å². The average Bonchev–Trinajstić information content (AvgIpc) is 2.74. The van der Waals surface area contributed by atoms with Crippen molar-refractivity contribution < 1.29 is 19.1 Å². The molecular formula is C21H23Cl2N3O4. The van der Waals surface area contributed by atoms with Gasteiger partial charge in [-0.05, 0) is 30.3 Å². The minimum Gasteiger partial charge on any atom is -0.495 e. The SMILES string of the molecule is COc1cc(OC)c(NC(=O)CN2CCN(C(=O)c3ccc(Cl)cc3)CC2)cc1Cl. The zero-order chi connectivity index (χ0) is 21.7. The number of methoxy groups -OCH3 is 2. The monoisotopic (exact) mass is 451 g/mol. The lowest BCUT2D eigenvalue weighted by Gasteiger charge is -2.34. The number of ether oxygens (including phenoxy) is 2. The van der Waals surface area contributed by atoms with Crippen LogP contribution in [0.3, 0.4) is 0 Å². The Bertz CT molecular complexity index is 913. The van der Waals surface area contributed by atoms with Crippen LogP contribution in [-0.4, -0.2) is 68.6 Å². The van der Waals surface area contributed by atoms with Crippen LogP contribution < -0.4 is 14.8 Å². The van der Waals surface area contributed by atoms with Crippen molar-refractivity contribution in [3.05, 3.63) is 52.0 Å². The van der Waals surface area contributed by atoms with Crippen molar-refractivity contribution in [3.8, 4) is 11.5 Å². The summed E-state index contributed by atoms with van der Waals surface area (Å²) in [6, 6.07) is 10.1. The number of benzene rings is 2. The second kappa shape index (κ2) is 10.0. The van der Waals surface area contributed by atoms with E-state index in [0.29, 0.717) is 59.0 Å². The molecule has 1 aliphatic heterocycles. The number of rotatable bonds is 6. The van der Waals surface area contributed by atoms with Gasteiger partial charge in [-0.2, -0.15) is 0 Å². The Morgan fingerprint density at radius 2 is 1.60 bits per heavy atom. The summed E-state index contributed by atoms with van der Waals surface area (Å²) in [5.41, 5.74) is 1.08. The molecule has 2 aromatic carbocycles. The average molecular weight is 452 g/mol. The fourth-order valence-electron chi connectivity index (χ4n) is 3.23. The molecule has 0 saturated carbocycles. The predicted molar refractivity (Wildman–Crippen MR) is 117 cm³/mol. The first kappa shape index (κ1) is 22.2. The van der Waals surface area contributed by atoms with Crippen molar-refractivity contribution in [1.82, 2.24) is 9.80 Å². The molecule has 0 radical (unpaired) electrons. The first-order chi connectivity index (χ1) is 14.4. The number of hydrogen-bond acceptors (Lipinski definition) is 5. The highest BCUT2D eigenvalue weighted by Gasteiger charge is 2.23. The molecule has 30 heavy (non-hydrogen) atoms. The maximum absolute atomic E-state index is 12.6. The first-order valence-electron chi connectivity index (χ1n) is 9.40. The van der Waals surface area contributed by atoms with Gasteiger partial charge in [0.2, 0.25) is 5.91 Å². The number of amides is 2. The summed E-state index contributed by atoms with van der Waals surface area (Å²) in [5, 5.41) is 3.80. The van der Waals surface area contributed by atoms with Gasteiger partial charge in [0, 0.05) is 42.8 Å². The smallest absolute Gasteiger partial charge is 0.253 e. The molecule has 1 aliphatic rings. The van der Waals surface area contributed by atoms with Crippen molar-refractivity contribution in [2.75, 3.05) is 52.3 Å². The van der Waals surface area contributed by atoms with Gasteiger partial charge < -0.3 is 19.7 Å². The topological polar surface area (TPSA) is 71.1 Å². The molecule has 0 unspecified atom stereocenters. The molecule has 1 saturated heterocycles. The van der Waals surface area contributed by atoms with Crippen molar-refractivity contribution >= 4 is 40.7 Å². The number of nitrogens with one attached hydrogen (secondary N) is 1. The van der Waals surface area contributed by atoms with Crippen LogP contribution >= 0.6 is 23.2 Å². The lowest BCUT2D eigenvalue weighted by molar-refractivity contribution is -0.117. The molecule has 0 aliphatic carbocycles. The number of hydrogen-bond donors (Lipinski definition) is 1. The molecule has 0 spiro atoms. The lowest BCUT2D eigenvalue weighted by atomic mass is 10.2. The molecule has 9 heteroatoms. The van der Waals surface area contributed by atoms with E-state index in [1.807, 2.05) is 4.90 Å². The zero-order valence-corrected chi connectivity index (χ0v) is 18.3. The number of piperazine rings is 1. The first-order valence-corrected chi connectivity index (χ1v) is 10.2. The van der Waals surface area contributed by atoms with E-state index in [1.54, 1.807) is 41.3 Å². The predicted octanol–water partition coefficient (Wildman–Crippen LogP) is 3.41. The number of nitrogens with zero attached hydrogens (tertiary/aromatic N) is 2. The minimum absolute atomic E-state index is 0.0339. The molecular weight excluding hydrogens is 429 g/mol. The Kier molecular flexibility index (Phi) is 7.42. The van der Waals surface area contributed by atoms with Crippen LogP contribution in [0.2, 0.25) is 10.0 Å². The van der Waals surface area contributed by atoms with Gasteiger partial charge in [0.15, 0.2) is 0 Å². The fourth-order valence-corrected chi connectivity index (χ4v) is 3.60. The van der Waals surface area contributed by atoms with Gasteiger partial charge in [-0.1, -0.05) is 23.2 Å². The molecule has 1 fully saturated rings. The Hall–Kier alpha value is -2.48. The molecule has 2 amide bonds. The van der Waals surface area contributed by atoms with Crippen molar-refractivity contribution in [2.45, 2.75) is 0 Å². The molecule has 2 aromatic rings. The highest BCUT2D eigenvalue weighted by Crippen LogP contribution is 2.35. The van der Waals surface area contributed by atoms with Gasteiger partial charge in [0.1, 0.15) is 11.5 Å². The fraction of sp³-hybridized carbons (Fsp3) is 0.333. The second-order valence-corrected chi connectivity index (χ2v) is 7.65. The maximum Gasteiger partial charge on any atom is 0.253 e. The highest BCUT2D eigenvalue weighted by atomic mass is 35.5. The number of carbonyl (C=O) groups is 2. The molecule has 3 rings (SSSR count). The molecule has 0 aromatic heterocycles. The summed E-state index contributed by atoms with van der Waals surface area (Å²) >= 11 is 12.0. The highest BCUT2D eigenvalue weighted by molar-refractivity contribution is 6.32. The second-order valence-electron chi connectivity index (χ2n) is 6.81. The Morgan fingerprint density at radius 3 is 2.20 bits per heavy atom. The van der Waals surface area contributed by atoms with E-state index in [1.165, 1.54) is 14.2 Å². The van der Waals surface area contributed by atoms with Crippen molar-refractivity contribution in [1.29, 1.82) is 0 Å². The molecule has 1 N–H and O–H groups in total. The third kappa shape index (κ3) is 5.36. The van der Waals surface area contributed by atoms with Gasteiger partial charge in [0.25, 0.3) is 5.91 Å². The number of anilines is 1. The quantitative estimate of drug-likeness (QED) is 0.728. The summed E-state index contributed by atoms with van der Waals surface area (Å²) in [4.78, 5) is 28.9. The summed E-state index contributed by atoms with van der Waals surface area (Å²) in [5.74, 6) is 0.705. The van der Waals surface area contributed by atoms with Crippen molar-refractivity contribution in [3.63, 3.8) is 0 Å². The largest absolute Gasteiger partial charge is 0.495 e. The van der Waals surface area contributed by atoms with Gasteiger partial charge in [-0.15, -0.1) is 0 Å². The van der Waals surface area contributed by atoms with E-state index >= 15 is 0 Å². The van der Waals surface area contributed by atoms with E-state index < -0.39 is 0 Å². The molecule has 160 valence electrons.